The van der Waals surface area contributed by atoms with Crippen molar-refractivity contribution in [2.45, 2.75) is 46.7 Å². The summed E-state index contributed by atoms with van der Waals surface area (Å²) in [6.07, 6.45) is 1.78. The molecular formula is C13H24N4O. The first-order valence-electron chi connectivity index (χ1n) is 6.19. The van der Waals surface area contributed by atoms with Crippen LogP contribution in [0.4, 0.5) is 0 Å². The van der Waals surface area contributed by atoms with Gasteiger partial charge < -0.3 is 11.1 Å². The van der Waals surface area contributed by atoms with Gasteiger partial charge in [-0.25, -0.2) is 0 Å². The van der Waals surface area contributed by atoms with E-state index in [1.807, 2.05) is 41.7 Å². The van der Waals surface area contributed by atoms with Crippen molar-refractivity contribution in [3.05, 3.63) is 17.5 Å². The number of amides is 1. The lowest BCUT2D eigenvalue weighted by molar-refractivity contribution is -0.125. The average Bonchev–Trinajstić information content (AvgIpc) is 2.57. The molecule has 0 aliphatic rings. The van der Waals surface area contributed by atoms with Crippen molar-refractivity contribution in [2.75, 3.05) is 0 Å². The van der Waals surface area contributed by atoms with Crippen LogP contribution in [0.3, 0.4) is 0 Å². The molecule has 0 aliphatic carbocycles. The summed E-state index contributed by atoms with van der Waals surface area (Å²) in [6, 6.07) is -0.600. The summed E-state index contributed by atoms with van der Waals surface area (Å²) in [5.74, 6) is -0.127. The summed E-state index contributed by atoms with van der Waals surface area (Å²) in [5, 5.41) is 7.11. The largest absolute Gasteiger partial charge is 0.348 e. The summed E-state index contributed by atoms with van der Waals surface area (Å²) >= 11 is 0. The molecule has 0 saturated heterocycles. The summed E-state index contributed by atoms with van der Waals surface area (Å²) < 4.78 is 1.79. The topological polar surface area (TPSA) is 72.9 Å². The van der Waals surface area contributed by atoms with Crippen molar-refractivity contribution in [3.8, 4) is 0 Å². The van der Waals surface area contributed by atoms with Crippen LogP contribution in [0, 0.1) is 12.3 Å². The highest BCUT2D eigenvalue weighted by atomic mass is 16.2. The Balaban J connectivity index is 2.74. The van der Waals surface area contributed by atoms with Gasteiger partial charge >= 0.3 is 0 Å². The van der Waals surface area contributed by atoms with E-state index >= 15 is 0 Å². The van der Waals surface area contributed by atoms with E-state index in [-0.39, 0.29) is 17.4 Å². The molecule has 0 spiro atoms. The SMILES string of the molecule is Cc1c(C(C)NC(=O)[C@H](N)C(C)(C)C)cnn1C. The number of nitrogens with one attached hydrogen (secondary N) is 1. The first-order chi connectivity index (χ1) is 8.14. The third kappa shape index (κ3) is 3.10. The smallest absolute Gasteiger partial charge is 0.237 e. The highest BCUT2D eigenvalue weighted by Crippen LogP contribution is 2.20. The third-order valence-electron chi connectivity index (χ3n) is 3.31. The van der Waals surface area contributed by atoms with Crippen molar-refractivity contribution in [2.24, 2.45) is 18.2 Å². The molecule has 0 aliphatic heterocycles. The van der Waals surface area contributed by atoms with E-state index in [2.05, 4.69) is 10.4 Å². The Morgan fingerprint density at radius 1 is 1.50 bits per heavy atom. The predicted molar refractivity (Wildman–Crippen MR) is 71.9 cm³/mol. The van der Waals surface area contributed by atoms with Gasteiger partial charge in [0.2, 0.25) is 5.91 Å². The Labute approximate surface area is 109 Å². The van der Waals surface area contributed by atoms with Crippen molar-refractivity contribution < 1.29 is 4.79 Å². The van der Waals surface area contributed by atoms with E-state index in [0.29, 0.717) is 0 Å². The van der Waals surface area contributed by atoms with Crippen molar-refractivity contribution in [3.63, 3.8) is 0 Å². The van der Waals surface area contributed by atoms with Gasteiger partial charge in [-0.2, -0.15) is 5.10 Å². The molecule has 2 atom stereocenters. The maximum Gasteiger partial charge on any atom is 0.237 e. The van der Waals surface area contributed by atoms with Gasteiger partial charge in [-0.3, -0.25) is 9.48 Å². The molecule has 0 fully saturated rings. The number of carbonyl (C=O) groups excluding carboxylic acids is 1. The van der Waals surface area contributed by atoms with Crippen molar-refractivity contribution in [1.29, 1.82) is 0 Å². The monoisotopic (exact) mass is 252 g/mol. The van der Waals surface area contributed by atoms with Crippen LogP contribution in [0.25, 0.3) is 0 Å². The zero-order chi connectivity index (χ0) is 14.1. The Morgan fingerprint density at radius 2 is 2.06 bits per heavy atom. The number of nitrogens with two attached hydrogens (primary N) is 1. The van der Waals surface area contributed by atoms with Crippen molar-refractivity contribution >= 4 is 5.91 Å². The normalized spacial score (nSPS) is 15.3. The van der Waals surface area contributed by atoms with Crippen LogP contribution in [0.5, 0.6) is 0 Å². The molecule has 1 aromatic rings. The van der Waals surface area contributed by atoms with E-state index in [1.54, 1.807) is 10.9 Å². The molecule has 0 saturated carbocycles. The minimum absolute atomic E-state index is 0.0837. The molecule has 5 heteroatoms. The van der Waals surface area contributed by atoms with Gasteiger partial charge in [-0.15, -0.1) is 0 Å². The zero-order valence-electron chi connectivity index (χ0n) is 12.1. The molecule has 5 nitrogen and oxygen atoms in total. The lowest BCUT2D eigenvalue weighted by Crippen LogP contribution is -2.49. The molecular weight excluding hydrogens is 228 g/mol. The van der Waals surface area contributed by atoms with Crippen LogP contribution in [0.2, 0.25) is 0 Å². The fourth-order valence-corrected chi connectivity index (χ4v) is 1.71. The van der Waals surface area contributed by atoms with E-state index in [4.69, 9.17) is 5.73 Å². The second-order valence-electron chi connectivity index (χ2n) is 5.88. The number of nitrogens with zero attached hydrogens (tertiary/aromatic N) is 2. The molecule has 102 valence electrons. The molecule has 0 radical (unpaired) electrons. The quantitative estimate of drug-likeness (QED) is 0.851. The van der Waals surface area contributed by atoms with Crippen LogP contribution in [0.15, 0.2) is 6.20 Å². The second-order valence-corrected chi connectivity index (χ2v) is 5.88. The minimum atomic E-state index is -0.517. The van der Waals surface area contributed by atoms with Gasteiger partial charge in [0.15, 0.2) is 0 Å². The first kappa shape index (κ1) is 14.7. The fourth-order valence-electron chi connectivity index (χ4n) is 1.71. The zero-order valence-corrected chi connectivity index (χ0v) is 12.1. The molecule has 0 bridgehead atoms. The summed E-state index contributed by atoms with van der Waals surface area (Å²) in [6.45, 7) is 9.79. The van der Waals surface area contributed by atoms with Crippen LogP contribution in [-0.4, -0.2) is 21.7 Å². The van der Waals surface area contributed by atoms with E-state index < -0.39 is 6.04 Å². The van der Waals surface area contributed by atoms with Gasteiger partial charge in [0.1, 0.15) is 0 Å². The standard InChI is InChI=1S/C13H24N4O/c1-8(10-7-15-17(6)9(10)2)16-12(18)11(14)13(3,4)5/h7-8,11H,14H2,1-6H3,(H,16,18)/t8?,11-/m0/s1. The molecule has 1 amide bonds. The number of aryl methyl sites for hydroxylation is 1. The number of carbonyl (C=O) groups is 1. The van der Waals surface area contributed by atoms with Gasteiger partial charge in [-0.1, -0.05) is 20.8 Å². The maximum atomic E-state index is 12.0. The van der Waals surface area contributed by atoms with Gasteiger partial charge in [0.05, 0.1) is 18.3 Å². The maximum absolute atomic E-state index is 12.0. The molecule has 1 heterocycles. The molecule has 18 heavy (non-hydrogen) atoms. The third-order valence-corrected chi connectivity index (χ3v) is 3.31. The molecule has 1 unspecified atom stereocenters. The number of aromatic nitrogens is 2. The van der Waals surface area contributed by atoms with Crippen LogP contribution >= 0.6 is 0 Å². The number of rotatable bonds is 3. The summed E-state index contributed by atoms with van der Waals surface area (Å²) in [7, 11) is 1.88. The predicted octanol–water partition coefficient (Wildman–Crippen LogP) is 1.28. The van der Waals surface area contributed by atoms with Crippen LogP contribution in [-0.2, 0) is 11.8 Å². The second kappa shape index (κ2) is 5.10. The number of hydrogen-bond donors (Lipinski definition) is 2. The van der Waals surface area contributed by atoms with Crippen molar-refractivity contribution in [1.82, 2.24) is 15.1 Å². The first-order valence-corrected chi connectivity index (χ1v) is 6.19. The number of hydrogen-bond acceptors (Lipinski definition) is 3. The van der Waals surface area contributed by atoms with E-state index in [0.717, 1.165) is 11.3 Å². The lowest BCUT2D eigenvalue weighted by Gasteiger charge is -2.27. The Morgan fingerprint density at radius 3 is 2.44 bits per heavy atom. The summed E-state index contributed by atoms with van der Waals surface area (Å²) in [4.78, 5) is 12.0. The molecule has 1 aromatic heterocycles. The summed E-state index contributed by atoms with van der Waals surface area (Å²) in [5.41, 5.74) is 7.76. The van der Waals surface area contributed by atoms with E-state index in [9.17, 15) is 4.79 Å². The average molecular weight is 252 g/mol. The Bertz CT molecular complexity index is 431. The van der Waals surface area contributed by atoms with Gasteiger partial charge in [0, 0.05) is 18.3 Å². The van der Waals surface area contributed by atoms with Crippen LogP contribution < -0.4 is 11.1 Å². The van der Waals surface area contributed by atoms with E-state index in [1.165, 1.54) is 0 Å². The van der Waals surface area contributed by atoms with Crippen LogP contribution in [0.1, 0.15) is 45.0 Å². The molecule has 3 N–H and O–H groups in total. The fraction of sp³-hybridized carbons (Fsp3) is 0.692. The highest BCUT2D eigenvalue weighted by Gasteiger charge is 2.28. The lowest BCUT2D eigenvalue weighted by atomic mass is 9.86. The highest BCUT2D eigenvalue weighted by molar-refractivity contribution is 5.82. The molecule has 0 aromatic carbocycles. The van der Waals surface area contributed by atoms with Gasteiger partial charge in [0.25, 0.3) is 0 Å². The Kier molecular flexibility index (Phi) is 4.16. The van der Waals surface area contributed by atoms with Gasteiger partial charge in [-0.05, 0) is 19.3 Å². The Hall–Kier alpha value is -1.36. The molecule has 1 rings (SSSR count). The minimum Gasteiger partial charge on any atom is -0.348 e.